The highest BCUT2D eigenvalue weighted by molar-refractivity contribution is 5.88. The smallest absolute Gasteiger partial charge is 0.257 e. The minimum atomic E-state index is -0.230. The first-order valence-corrected chi connectivity index (χ1v) is 6.81. The van der Waals surface area contributed by atoms with Gasteiger partial charge in [0.1, 0.15) is 17.1 Å². The quantitative estimate of drug-likeness (QED) is 0.802. The summed E-state index contributed by atoms with van der Waals surface area (Å²) < 4.78 is 13.0. The van der Waals surface area contributed by atoms with E-state index in [1.54, 1.807) is 18.7 Å². The summed E-state index contributed by atoms with van der Waals surface area (Å²) in [4.78, 5) is 12.5. The molecule has 0 unspecified atom stereocenters. The fourth-order valence-electron chi connectivity index (χ4n) is 2.77. The lowest BCUT2D eigenvalue weighted by molar-refractivity contribution is 0.0861. The Hall–Kier alpha value is -1.97. The van der Waals surface area contributed by atoms with Crippen molar-refractivity contribution in [3.8, 4) is 11.5 Å². The summed E-state index contributed by atoms with van der Waals surface area (Å²) in [5.41, 5.74) is 1.42. The van der Waals surface area contributed by atoms with Crippen molar-refractivity contribution in [2.45, 2.75) is 32.3 Å². The Bertz CT molecular complexity index is 743. The van der Waals surface area contributed by atoms with E-state index in [4.69, 9.17) is 9.47 Å². The van der Waals surface area contributed by atoms with Crippen LogP contribution in [0.4, 0.5) is 0 Å². The van der Waals surface area contributed by atoms with Gasteiger partial charge in [-0.15, -0.1) is 0 Å². The minimum Gasteiger partial charge on any atom is -0.497 e. The van der Waals surface area contributed by atoms with Gasteiger partial charge >= 0.3 is 0 Å². The van der Waals surface area contributed by atoms with E-state index in [1.807, 2.05) is 18.2 Å². The van der Waals surface area contributed by atoms with Gasteiger partial charge in [0, 0.05) is 18.5 Å². The molecule has 0 atom stereocenters. The molecule has 0 radical (unpaired) electrons. The number of aromatic nitrogens is 1. The van der Waals surface area contributed by atoms with E-state index in [2.05, 4.69) is 13.8 Å². The summed E-state index contributed by atoms with van der Waals surface area (Å²) in [7, 11) is 3.42. The summed E-state index contributed by atoms with van der Waals surface area (Å²) in [6, 6.07) is 5.74. The number of hydrogen-bond donors (Lipinski definition) is 0. The molecule has 1 aliphatic rings. The molecule has 1 aliphatic heterocycles. The van der Waals surface area contributed by atoms with Crippen molar-refractivity contribution in [2.75, 3.05) is 7.11 Å². The van der Waals surface area contributed by atoms with Crippen molar-refractivity contribution in [2.24, 2.45) is 7.05 Å². The summed E-state index contributed by atoms with van der Waals surface area (Å²) in [6.07, 6.45) is 1.62. The number of hydrogen-bond acceptors (Lipinski definition) is 3. The van der Waals surface area contributed by atoms with E-state index in [-0.39, 0.29) is 11.2 Å². The standard InChI is InChI=1S/C16H19NO3/c1-16(2)8-7-12-14(20-16)11-6-5-10(19-4)9-13(11)17(3)15(12)18/h5-6,9H,7-8H2,1-4H3. The van der Waals surface area contributed by atoms with Crippen LogP contribution in [0.1, 0.15) is 25.8 Å². The zero-order chi connectivity index (χ0) is 14.5. The molecule has 1 aromatic heterocycles. The first-order valence-electron chi connectivity index (χ1n) is 6.81. The zero-order valence-corrected chi connectivity index (χ0v) is 12.3. The Kier molecular flexibility index (Phi) is 2.78. The molecule has 2 aromatic rings. The van der Waals surface area contributed by atoms with Gasteiger partial charge < -0.3 is 14.0 Å². The molecule has 0 saturated carbocycles. The normalized spacial score (nSPS) is 16.6. The third-order valence-corrected chi connectivity index (χ3v) is 4.00. The summed E-state index contributed by atoms with van der Waals surface area (Å²) >= 11 is 0. The first-order chi connectivity index (χ1) is 9.43. The summed E-state index contributed by atoms with van der Waals surface area (Å²) in [6.45, 7) is 4.12. The van der Waals surface area contributed by atoms with Crippen LogP contribution in [0.15, 0.2) is 23.0 Å². The number of nitrogens with zero attached hydrogens (tertiary/aromatic N) is 1. The topological polar surface area (TPSA) is 40.5 Å². The van der Waals surface area contributed by atoms with Crippen molar-refractivity contribution < 1.29 is 9.47 Å². The molecule has 4 heteroatoms. The number of methoxy groups -OCH3 is 1. The predicted octanol–water partition coefficient (Wildman–Crippen LogP) is 2.65. The maximum absolute atomic E-state index is 12.5. The molecule has 0 amide bonds. The number of fused-ring (bicyclic) bond motifs is 3. The van der Waals surface area contributed by atoms with Gasteiger partial charge in [-0.25, -0.2) is 0 Å². The SMILES string of the molecule is COc1ccc2c3c(c(=O)n(C)c2c1)CCC(C)(C)O3. The molecular formula is C16H19NO3. The van der Waals surface area contributed by atoms with Crippen LogP contribution in [-0.4, -0.2) is 17.3 Å². The second-order valence-corrected chi connectivity index (χ2v) is 5.92. The molecule has 2 heterocycles. The van der Waals surface area contributed by atoms with E-state index in [9.17, 15) is 4.79 Å². The second kappa shape index (κ2) is 4.27. The largest absolute Gasteiger partial charge is 0.497 e. The van der Waals surface area contributed by atoms with E-state index in [0.717, 1.165) is 40.8 Å². The Morgan fingerprint density at radius 3 is 2.80 bits per heavy atom. The van der Waals surface area contributed by atoms with Gasteiger partial charge in [-0.1, -0.05) is 0 Å². The summed E-state index contributed by atoms with van der Waals surface area (Å²) in [5, 5.41) is 0.968. The number of aryl methyl sites for hydroxylation is 1. The van der Waals surface area contributed by atoms with Crippen molar-refractivity contribution in [1.82, 2.24) is 4.57 Å². The van der Waals surface area contributed by atoms with Crippen LogP contribution >= 0.6 is 0 Å². The highest BCUT2D eigenvalue weighted by atomic mass is 16.5. The van der Waals surface area contributed by atoms with E-state index < -0.39 is 0 Å². The lowest BCUT2D eigenvalue weighted by atomic mass is 9.93. The monoisotopic (exact) mass is 273 g/mol. The molecule has 3 rings (SSSR count). The highest BCUT2D eigenvalue weighted by Gasteiger charge is 2.30. The molecule has 1 aromatic carbocycles. The molecule has 0 spiro atoms. The van der Waals surface area contributed by atoms with Crippen LogP contribution in [0, 0.1) is 0 Å². The first kappa shape index (κ1) is 13.0. The number of benzene rings is 1. The van der Waals surface area contributed by atoms with E-state index in [1.165, 1.54) is 0 Å². The fourth-order valence-corrected chi connectivity index (χ4v) is 2.77. The van der Waals surface area contributed by atoms with Crippen LogP contribution < -0.4 is 15.0 Å². The van der Waals surface area contributed by atoms with Gasteiger partial charge in [0.25, 0.3) is 5.56 Å². The number of ether oxygens (including phenoxy) is 2. The Balaban J connectivity index is 2.37. The maximum atomic E-state index is 12.5. The zero-order valence-electron chi connectivity index (χ0n) is 12.3. The average molecular weight is 273 g/mol. The lowest BCUT2D eigenvalue weighted by Gasteiger charge is -2.33. The molecule has 0 bridgehead atoms. The van der Waals surface area contributed by atoms with Gasteiger partial charge in [0.15, 0.2) is 0 Å². The Morgan fingerprint density at radius 1 is 1.35 bits per heavy atom. The molecule has 0 N–H and O–H groups in total. The third kappa shape index (κ3) is 1.87. The molecule has 4 nitrogen and oxygen atoms in total. The minimum absolute atomic E-state index is 0.0243. The van der Waals surface area contributed by atoms with Gasteiger partial charge in [-0.05, 0) is 38.8 Å². The van der Waals surface area contributed by atoms with E-state index >= 15 is 0 Å². The van der Waals surface area contributed by atoms with Gasteiger partial charge in [0.05, 0.1) is 18.2 Å². The van der Waals surface area contributed by atoms with Crippen molar-refractivity contribution >= 4 is 10.9 Å². The van der Waals surface area contributed by atoms with Crippen molar-refractivity contribution in [1.29, 1.82) is 0 Å². The third-order valence-electron chi connectivity index (χ3n) is 4.00. The second-order valence-electron chi connectivity index (χ2n) is 5.92. The summed E-state index contributed by atoms with van der Waals surface area (Å²) in [5.74, 6) is 1.48. The average Bonchev–Trinajstić information content (AvgIpc) is 2.43. The molecule has 20 heavy (non-hydrogen) atoms. The highest BCUT2D eigenvalue weighted by Crippen LogP contribution is 2.37. The molecule has 0 fully saturated rings. The molecule has 0 aliphatic carbocycles. The van der Waals surface area contributed by atoms with Crippen LogP contribution in [0.3, 0.4) is 0 Å². The maximum Gasteiger partial charge on any atom is 0.257 e. The molecular weight excluding hydrogens is 254 g/mol. The van der Waals surface area contributed by atoms with Gasteiger partial charge in [-0.2, -0.15) is 0 Å². The molecule has 106 valence electrons. The Morgan fingerprint density at radius 2 is 2.10 bits per heavy atom. The van der Waals surface area contributed by atoms with Crippen LogP contribution in [0.2, 0.25) is 0 Å². The fraction of sp³-hybridized carbons (Fsp3) is 0.438. The Labute approximate surface area is 117 Å². The predicted molar refractivity (Wildman–Crippen MR) is 78.8 cm³/mol. The van der Waals surface area contributed by atoms with Gasteiger partial charge in [-0.3, -0.25) is 4.79 Å². The number of rotatable bonds is 1. The number of pyridine rings is 1. The lowest BCUT2D eigenvalue weighted by Crippen LogP contribution is -2.36. The van der Waals surface area contributed by atoms with Crippen molar-refractivity contribution in [3.05, 3.63) is 34.1 Å². The molecule has 0 saturated heterocycles. The van der Waals surface area contributed by atoms with E-state index in [0.29, 0.717) is 0 Å². The van der Waals surface area contributed by atoms with Crippen molar-refractivity contribution in [3.63, 3.8) is 0 Å². The van der Waals surface area contributed by atoms with Crippen LogP contribution in [0.5, 0.6) is 11.5 Å². The van der Waals surface area contributed by atoms with Crippen LogP contribution in [0.25, 0.3) is 10.9 Å². The van der Waals surface area contributed by atoms with Crippen LogP contribution in [-0.2, 0) is 13.5 Å². The van der Waals surface area contributed by atoms with Gasteiger partial charge in [0.2, 0.25) is 0 Å².